The van der Waals surface area contributed by atoms with Gasteiger partial charge in [0.05, 0.1) is 5.88 Å². The van der Waals surface area contributed by atoms with E-state index in [0.717, 1.165) is 0 Å². The van der Waals surface area contributed by atoms with Crippen molar-refractivity contribution in [3.63, 3.8) is 0 Å². The Bertz CT molecular complexity index is 329. The average molecular weight is 229 g/mol. The van der Waals surface area contributed by atoms with E-state index in [1.54, 1.807) is 0 Å². The van der Waals surface area contributed by atoms with Crippen LogP contribution in [0.25, 0.3) is 0 Å². The molecular formula is C8H5ClF4O. The van der Waals surface area contributed by atoms with Gasteiger partial charge in [-0.2, -0.15) is 8.78 Å². The molecule has 78 valence electrons. The molecule has 0 N–H and O–H groups in total. The van der Waals surface area contributed by atoms with Crippen LogP contribution in [0.15, 0.2) is 12.1 Å². The van der Waals surface area contributed by atoms with Crippen molar-refractivity contribution in [2.75, 3.05) is 0 Å². The topological polar surface area (TPSA) is 9.23 Å². The van der Waals surface area contributed by atoms with Crippen molar-refractivity contribution in [3.8, 4) is 5.75 Å². The van der Waals surface area contributed by atoms with Gasteiger partial charge in [-0.15, -0.1) is 11.6 Å². The first-order valence-electron chi connectivity index (χ1n) is 3.53. The van der Waals surface area contributed by atoms with Gasteiger partial charge in [-0.3, -0.25) is 0 Å². The van der Waals surface area contributed by atoms with Crippen LogP contribution in [0.5, 0.6) is 5.75 Å². The van der Waals surface area contributed by atoms with Crippen LogP contribution >= 0.6 is 11.6 Å². The third kappa shape index (κ3) is 2.51. The lowest BCUT2D eigenvalue weighted by molar-refractivity contribution is -0.0506. The second-order valence-corrected chi connectivity index (χ2v) is 2.64. The smallest absolute Gasteiger partial charge is 0.387 e. The molecular weight excluding hydrogens is 224 g/mol. The highest BCUT2D eigenvalue weighted by molar-refractivity contribution is 6.17. The van der Waals surface area contributed by atoms with Gasteiger partial charge in [0.2, 0.25) is 0 Å². The summed E-state index contributed by atoms with van der Waals surface area (Å²) in [5.74, 6) is -2.94. The molecule has 1 nitrogen and oxygen atoms in total. The summed E-state index contributed by atoms with van der Waals surface area (Å²) in [5.41, 5.74) is -0.284. The number of halogens is 5. The summed E-state index contributed by atoms with van der Waals surface area (Å²) < 4.78 is 53.0. The number of ether oxygens (including phenoxy) is 1. The zero-order chi connectivity index (χ0) is 10.7. The fourth-order valence-electron chi connectivity index (χ4n) is 0.911. The number of alkyl halides is 3. The van der Waals surface area contributed by atoms with Crippen molar-refractivity contribution in [3.05, 3.63) is 29.3 Å². The fraction of sp³-hybridized carbons (Fsp3) is 0.250. The van der Waals surface area contributed by atoms with Gasteiger partial charge in [0, 0.05) is 17.7 Å². The van der Waals surface area contributed by atoms with Gasteiger partial charge >= 0.3 is 6.61 Å². The molecule has 0 aliphatic rings. The third-order valence-electron chi connectivity index (χ3n) is 1.47. The molecule has 0 saturated carbocycles. The Kier molecular flexibility index (Phi) is 3.57. The minimum absolute atomic E-state index is 0.284. The van der Waals surface area contributed by atoms with Crippen LogP contribution in [0.3, 0.4) is 0 Å². The van der Waals surface area contributed by atoms with E-state index < -0.39 is 24.0 Å². The molecule has 1 rings (SSSR count). The Labute approximate surface area is 82.2 Å². The Morgan fingerprint density at radius 3 is 2.43 bits per heavy atom. The van der Waals surface area contributed by atoms with Crippen molar-refractivity contribution in [1.29, 1.82) is 0 Å². The molecule has 0 aliphatic carbocycles. The van der Waals surface area contributed by atoms with Gasteiger partial charge < -0.3 is 4.74 Å². The number of hydrogen-bond acceptors (Lipinski definition) is 1. The molecule has 1 aromatic rings. The third-order valence-corrected chi connectivity index (χ3v) is 1.74. The molecule has 0 spiro atoms. The molecule has 0 heterocycles. The summed E-state index contributed by atoms with van der Waals surface area (Å²) >= 11 is 5.29. The molecule has 0 saturated heterocycles. The van der Waals surface area contributed by atoms with Gasteiger partial charge in [0.1, 0.15) is 17.4 Å². The highest BCUT2D eigenvalue weighted by Gasteiger charge is 2.14. The van der Waals surface area contributed by atoms with E-state index >= 15 is 0 Å². The summed E-state index contributed by atoms with van der Waals surface area (Å²) in [6.07, 6.45) is 0. The lowest BCUT2D eigenvalue weighted by Crippen LogP contribution is -2.05. The van der Waals surface area contributed by atoms with Crippen molar-refractivity contribution < 1.29 is 22.3 Å². The van der Waals surface area contributed by atoms with Crippen molar-refractivity contribution >= 4 is 11.6 Å². The average Bonchev–Trinajstić information content (AvgIpc) is 2.01. The Hall–Kier alpha value is -0.970. The summed E-state index contributed by atoms with van der Waals surface area (Å²) in [5, 5.41) is 0. The first kappa shape index (κ1) is 11.1. The zero-order valence-electron chi connectivity index (χ0n) is 6.74. The zero-order valence-corrected chi connectivity index (χ0v) is 7.49. The summed E-state index contributed by atoms with van der Waals surface area (Å²) in [6.45, 7) is -3.14. The largest absolute Gasteiger partial charge is 0.434 e. The minimum Gasteiger partial charge on any atom is -0.434 e. The highest BCUT2D eigenvalue weighted by atomic mass is 35.5. The van der Waals surface area contributed by atoms with Crippen LogP contribution in [0.4, 0.5) is 17.6 Å². The maximum atomic E-state index is 12.9. The molecule has 1 aromatic carbocycles. The first-order valence-corrected chi connectivity index (χ1v) is 4.06. The first-order chi connectivity index (χ1) is 6.54. The van der Waals surface area contributed by atoms with Crippen LogP contribution in [-0.4, -0.2) is 6.61 Å². The van der Waals surface area contributed by atoms with Crippen LogP contribution in [0, 0.1) is 11.6 Å². The van der Waals surface area contributed by atoms with Gasteiger partial charge in [-0.1, -0.05) is 0 Å². The van der Waals surface area contributed by atoms with E-state index in [4.69, 9.17) is 11.6 Å². The number of hydrogen-bond donors (Lipinski definition) is 0. The minimum atomic E-state index is -3.14. The van der Waals surface area contributed by atoms with Gasteiger partial charge in [0.25, 0.3) is 0 Å². The molecule has 0 amide bonds. The van der Waals surface area contributed by atoms with Crippen molar-refractivity contribution in [1.82, 2.24) is 0 Å². The molecule has 14 heavy (non-hydrogen) atoms. The van der Waals surface area contributed by atoms with Crippen LogP contribution in [-0.2, 0) is 5.88 Å². The summed E-state index contributed by atoms with van der Waals surface area (Å²) in [7, 11) is 0. The summed E-state index contributed by atoms with van der Waals surface area (Å²) in [6, 6.07) is 1.21. The predicted octanol–water partition coefficient (Wildman–Crippen LogP) is 3.31. The second-order valence-electron chi connectivity index (χ2n) is 2.38. The monoisotopic (exact) mass is 228 g/mol. The quantitative estimate of drug-likeness (QED) is 0.570. The molecule has 6 heteroatoms. The van der Waals surface area contributed by atoms with E-state index in [1.807, 2.05) is 0 Å². The van der Waals surface area contributed by atoms with Gasteiger partial charge in [-0.25, -0.2) is 8.78 Å². The van der Waals surface area contributed by atoms with Gasteiger partial charge in [-0.05, 0) is 0 Å². The van der Waals surface area contributed by atoms with Crippen LogP contribution in [0.2, 0.25) is 0 Å². The van der Waals surface area contributed by atoms with Crippen molar-refractivity contribution in [2.45, 2.75) is 12.5 Å². The number of benzene rings is 1. The maximum absolute atomic E-state index is 12.9. The van der Waals surface area contributed by atoms with E-state index in [9.17, 15) is 17.6 Å². The van der Waals surface area contributed by atoms with E-state index in [-0.39, 0.29) is 11.4 Å². The lowest BCUT2D eigenvalue weighted by atomic mass is 10.2. The van der Waals surface area contributed by atoms with E-state index in [0.29, 0.717) is 12.1 Å². The molecule has 0 unspecified atom stereocenters. The van der Waals surface area contributed by atoms with E-state index in [2.05, 4.69) is 4.74 Å². The molecule has 0 aliphatic heterocycles. The SMILES string of the molecule is Fc1cc(F)c(CCl)c(OC(F)F)c1. The molecule has 0 atom stereocenters. The van der Waals surface area contributed by atoms with Crippen LogP contribution < -0.4 is 4.74 Å². The standard InChI is InChI=1S/C8H5ClF4O/c9-3-5-6(11)1-4(10)2-7(5)14-8(12)13/h1-2,8H,3H2. The Balaban J connectivity index is 3.11. The summed E-state index contributed by atoms with van der Waals surface area (Å²) in [4.78, 5) is 0. The van der Waals surface area contributed by atoms with Gasteiger partial charge in [0.15, 0.2) is 0 Å². The highest BCUT2D eigenvalue weighted by Crippen LogP contribution is 2.26. The molecule has 0 bridgehead atoms. The molecule has 0 fully saturated rings. The van der Waals surface area contributed by atoms with E-state index in [1.165, 1.54) is 0 Å². The Morgan fingerprint density at radius 2 is 1.93 bits per heavy atom. The lowest BCUT2D eigenvalue weighted by Gasteiger charge is -2.09. The second kappa shape index (κ2) is 4.50. The number of rotatable bonds is 3. The molecule has 0 radical (unpaired) electrons. The normalized spacial score (nSPS) is 10.7. The maximum Gasteiger partial charge on any atom is 0.387 e. The molecule has 0 aromatic heterocycles. The van der Waals surface area contributed by atoms with Crippen molar-refractivity contribution in [2.24, 2.45) is 0 Å². The predicted molar refractivity (Wildman–Crippen MR) is 42.5 cm³/mol. The fourth-order valence-corrected chi connectivity index (χ4v) is 1.17. The van der Waals surface area contributed by atoms with Crippen LogP contribution in [0.1, 0.15) is 5.56 Å². The Morgan fingerprint density at radius 1 is 1.29 bits per heavy atom.